The minimum Gasteiger partial charge on any atom is -0.346 e. The van der Waals surface area contributed by atoms with E-state index >= 15 is 0 Å². The highest BCUT2D eigenvalue weighted by Crippen LogP contribution is 2.21. The molecule has 0 radical (unpaired) electrons. The van der Waals surface area contributed by atoms with Crippen molar-refractivity contribution in [1.82, 2.24) is 15.3 Å². The van der Waals surface area contributed by atoms with E-state index in [9.17, 15) is 4.79 Å². The molecule has 0 aliphatic heterocycles. The van der Waals surface area contributed by atoms with Gasteiger partial charge in [0.25, 0.3) is 5.91 Å². The Balaban J connectivity index is 1.65. The van der Waals surface area contributed by atoms with Gasteiger partial charge in [0.1, 0.15) is 5.01 Å². The highest BCUT2D eigenvalue weighted by molar-refractivity contribution is 7.09. The van der Waals surface area contributed by atoms with Crippen LogP contribution in [0.5, 0.6) is 0 Å². The van der Waals surface area contributed by atoms with Gasteiger partial charge < -0.3 is 5.32 Å². The van der Waals surface area contributed by atoms with Crippen LogP contribution in [0, 0.1) is 13.8 Å². The van der Waals surface area contributed by atoms with Gasteiger partial charge in [0.15, 0.2) is 0 Å². The molecule has 0 aliphatic rings. The summed E-state index contributed by atoms with van der Waals surface area (Å²) < 4.78 is 0. The number of aryl methyl sites for hydroxylation is 2. The minimum atomic E-state index is -0.0752. The van der Waals surface area contributed by atoms with Crippen LogP contribution in [0.1, 0.15) is 26.5 Å². The molecule has 4 nitrogen and oxygen atoms in total. The van der Waals surface area contributed by atoms with Gasteiger partial charge >= 0.3 is 0 Å². The summed E-state index contributed by atoms with van der Waals surface area (Å²) in [5.41, 5.74) is 4.92. The van der Waals surface area contributed by atoms with Gasteiger partial charge in [-0.05, 0) is 49.2 Å². The molecule has 2 aromatic heterocycles. The summed E-state index contributed by atoms with van der Waals surface area (Å²) in [7, 11) is 0. The number of aromatic nitrogens is 2. The first-order chi connectivity index (χ1) is 11.1. The molecule has 116 valence electrons. The lowest BCUT2D eigenvalue weighted by Gasteiger charge is -2.06. The molecule has 23 heavy (non-hydrogen) atoms. The largest absolute Gasteiger partial charge is 0.346 e. The van der Waals surface area contributed by atoms with E-state index in [4.69, 9.17) is 0 Å². The molecule has 0 bridgehead atoms. The predicted molar refractivity (Wildman–Crippen MR) is 92.4 cm³/mol. The van der Waals surface area contributed by atoms with Gasteiger partial charge in [-0.25, -0.2) is 4.98 Å². The second kappa shape index (κ2) is 6.71. The predicted octanol–water partition coefficient (Wildman–Crippen LogP) is 3.75. The van der Waals surface area contributed by atoms with Crippen molar-refractivity contribution >= 4 is 17.2 Å². The maximum Gasteiger partial charge on any atom is 0.251 e. The Labute approximate surface area is 139 Å². The van der Waals surface area contributed by atoms with Crippen LogP contribution >= 0.6 is 11.3 Å². The van der Waals surface area contributed by atoms with E-state index in [1.807, 2.05) is 49.6 Å². The SMILES string of the molecule is Cc1ccc(C(=O)NCc2nc(-c3ccncc3)cs2)cc1C. The topological polar surface area (TPSA) is 54.9 Å². The van der Waals surface area contributed by atoms with E-state index in [1.165, 1.54) is 5.56 Å². The van der Waals surface area contributed by atoms with Crippen molar-refractivity contribution in [2.75, 3.05) is 0 Å². The normalized spacial score (nSPS) is 10.5. The average Bonchev–Trinajstić information content (AvgIpc) is 3.05. The standard InChI is InChI=1S/C18H17N3OS/c1-12-3-4-15(9-13(12)2)18(22)20-10-17-21-16(11-23-17)14-5-7-19-8-6-14/h3-9,11H,10H2,1-2H3,(H,20,22). The van der Waals surface area contributed by atoms with Crippen molar-refractivity contribution in [2.45, 2.75) is 20.4 Å². The van der Waals surface area contributed by atoms with E-state index in [1.54, 1.807) is 23.7 Å². The number of carbonyl (C=O) groups is 1. The first-order valence-corrected chi connectivity index (χ1v) is 8.22. The molecule has 1 aromatic carbocycles. The molecular weight excluding hydrogens is 306 g/mol. The van der Waals surface area contributed by atoms with Crippen LogP contribution in [0.15, 0.2) is 48.1 Å². The molecule has 0 saturated heterocycles. The van der Waals surface area contributed by atoms with Crippen molar-refractivity contribution in [2.24, 2.45) is 0 Å². The van der Waals surface area contributed by atoms with Gasteiger partial charge in [-0.3, -0.25) is 9.78 Å². The van der Waals surface area contributed by atoms with Crippen molar-refractivity contribution < 1.29 is 4.79 Å². The molecule has 0 unspecified atom stereocenters. The minimum absolute atomic E-state index is 0.0752. The third kappa shape index (κ3) is 3.63. The molecule has 2 heterocycles. The van der Waals surface area contributed by atoms with Gasteiger partial charge in [0.05, 0.1) is 12.2 Å². The van der Waals surface area contributed by atoms with Gasteiger partial charge in [-0.15, -0.1) is 11.3 Å². The zero-order chi connectivity index (χ0) is 16.2. The Kier molecular flexibility index (Phi) is 4.48. The molecule has 3 aromatic rings. The number of pyridine rings is 1. The van der Waals surface area contributed by atoms with Crippen LogP contribution in [0.2, 0.25) is 0 Å². The van der Waals surface area contributed by atoms with Gasteiger partial charge in [-0.1, -0.05) is 6.07 Å². The highest BCUT2D eigenvalue weighted by atomic mass is 32.1. The van der Waals surface area contributed by atoms with Crippen LogP contribution in [0.4, 0.5) is 0 Å². The molecule has 0 fully saturated rings. The lowest BCUT2D eigenvalue weighted by molar-refractivity contribution is 0.0951. The fourth-order valence-electron chi connectivity index (χ4n) is 2.19. The first-order valence-electron chi connectivity index (χ1n) is 7.34. The third-order valence-corrected chi connectivity index (χ3v) is 4.55. The summed E-state index contributed by atoms with van der Waals surface area (Å²) in [5.74, 6) is -0.0752. The Hall–Kier alpha value is -2.53. The maximum atomic E-state index is 12.2. The Morgan fingerprint density at radius 3 is 2.65 bits per heavy atom. The number of carbonyl (C=O) groups excluding carboxylic acids is 1. The molecule has 1 amide bonds. The number of hydrogen-bond donors (Lipinski definition) is 1. The summed E-state index contributed by atoms with van der Waals surface area (Å²) in [6.45, 7) is 4.47. The molecule has 0 spiro atoms. The summed E-state index contributed by atoms with van der Waals surface area (Å²) in [4.78, 5) is 20.8. The van der Waals surface area contributed by atoms with Crippen LogP contribution < -0.4 is 5.32 Å². The first kappa shape index (κ1) is 15.4. The number of amides is 1. The van der Waals surface area contributed by atoms with Crippen LogP contribution in [0.25, 0.3) is 11.3 Å². The van der Waals surface area contributed by atoms with Gasteiger partial charge in [0, 0.05) is 28.9 Å². The highest BCUT2D eigenvalue weighted by Gasteiger charge is 2.09. The summed E-state index contributed by atoms with van der Waals surface area (Å²) >= 11 is 1.54. The quantitative estimate of drug-likeness (QED) is 0.795. The Bertz CT molecular complexity index is 827. The second-order valence-electron chi connectivity index (χ2n) is 5.34. The molecule has 3 rings (SSSR count). The second-order valence-corrected chi connectivity index (χ2v) is 6.29. The summed E-state index contributed by atoms with van der Waals surface area (Å²) in [6, 6.07) is 9.57. The number of rotatable bonds is 4. The van der Waals surface area contributed by atoms with Crippen molar-refractivity contribution in [3.05, 3.63) is 69.8 Å². The van der Waals surface area contributed by atoms with E-state index < -0.39 is 0 Å². The number of thiazole rings is 1. The van der Waals surface area contributed by atoms with Crippen molar-refractivity contribution in [3.8, 4) is 11.3 Å². The third-order valence-electron chi connectivity index (χ3n) is 3.70. The van der Waals surface area contributed by atoms with E-state index in [2.05, 4.69) is 15.3 Å². The van der Waals surface area contributed by atoms with Crippen molar-refractivity contribution in [3.63, 3.8) is 0 Å². The fraction of sp³-hybridized carbons (Fsp3) is 0.167. The lowest BCUT2D eigenvalue weighted by atomic mass is 10.1. The molecule has 0 atom stereocenters. The fourth-order valence-corrected chi connectivity index (χ4v) is 2.93. The van der Waals surface area contributed by atoms with Crippen LogP contribution in [-0.2, 0) is 6.54 Å². The maximum absolute atomic E-state index is 12.2. The van der Waals surface area contributed by atoms with E-state index in [0.717, 1.165) is 21.8 Å². The van der Waals surface area contributed by atoms with Crippen LogP contribution in [-0.4, -0.2) is 15.9 Å². The van der Waals surface area contributed by atoms with Gasteiger partial charge in [-0.2, -0.15) is 0 Å². The molecule has 0 aliphatic carbocycles. The number of hydrogen-bond acceptors (Lipinski definition) is 4. The van der Waals surface area contributed by atoms with Crippen LogP contribution in [0.3, 0.4) is 0 Å². The smallest absolute Gasteiger partial charge is 0.251 e. The number of benzene rings is 1. The zero-order valence-electron chi connectivity index (χ0n) is 13.0. The lowest BCUT2D eigenvalue weighted by Crippen LogP contribution is -2.22. The van der Waals surface area contributed by atoms with E-state index in [-0.39, 0.29) is 5.91 Å². The molecule has 0 saturated carbocycles. The molecular formula is C18H17N3OS. The summed E-state index contributed by atoms with van der Waals surface area (Å²) in [5, 5.41) is 5.80. The van der Waals surface area contributed by atoms with Gasteiger partial charge in [0.2, 0.25) is 0 Å². The zero-order valence-corrected chi connectivity index (χ0v) is 13.9. The van der Waals surface area contributed by atoms with Crippen molar-refractivity contribution in [1.29, 1.82) is 0 Å². The average molecular weight is 323 g/mol. The van der Waals surface area contributed by atoms with E-state index in [0.29, 0.717) is 12.1 Å². The monoisotopic (exact) mass is 323 g/mol. The Morgan fingerprint density at radius 1 is 1.13 bits per heavy atom. The molecule has 5 heteroatoms. The number of nitrogens with one attached hydrogen (secondary N) is 1. The molecule has 1 N–H and O–H groups in total. The Morgan fingerprint density at radius 2 is 1.91 bits per heavy atom. The summed E-state index contributed by atoms with van der Waals surface area (Å²) in [6.07, 6.45) is 3.49. The number of nitrogens with zero attached hydrogens (tertiary/aromatic N) is 2.